The summed E-state index contributed by atoms with van der Waals surface area (Å²) in [6.45, 7) is 2.19. The molecule has 1 unspecified atom stereocenters. The van der Waals surface area contributed by atoms with Crippen molar-refractivity contribution in [3.63, 3.8) is 0 Å². The van der Waals surface area contributed by atoms with Crippen molar-refractivity contribution in [2.45, 2.75) is 30.3 Å². The number of nitrogens with one attached hydrogen (secondary N) is 1. The Balaban J connectivity index is 2.27. The van der Waals surface area contributed by atoms with E-state index in [1.807, 2.05) is 12.1 Å². The van der Waals surface area contributed by atoms with Gasteiger partial charge >= 0.3 is 0 Å². The number of sulfone groups is 1. The van der Waals surface area contributed by atoms with Gasteiger partial charge < -0.3 is 15.3 Å². The van der Waals surface area contributed by atoms with E-state index in [-0.39, 0.29) is 17.3 Å². The number of halogens is 1. The van der Waals surface area contributed by atoms with Crippen molar-refractivity contribution in [1.29, 1.82) is 0 Å². The SMILES string of the molecule is CS(=O)(=O)c1ccc(N2CCCCC2)cc1NCC(O)CCl. The van der Waals surface area contributed by atoms with Gasteiger partial charge in [-0.3, -0.25) is 0 Å². The lowest BCUT2D eigenvalue weighted by Gasteiger charge is -2.29. The summed E-state index contributed by atoms with van der Waals surface area (Å²) in [5.74, 6) is 0.104. The Bertz CT molecular complexity index is 601. The first-order valence-corrected chi connectivity index (χ1v) is 9.91. The number of aliphatic hydroxyl groups is 1. The Labute approximate surface area is 137 Å². The van der Waals surface area contributed by atoms with Gasteiger partial charge in [0.25, 0.3) is 0 Å². The highest BCUT2D eigenvalue weighted by Crippen LogP contribution is 2.29. The van der Waals surface area contributed by atoms with Crippen LogP contribution in [0, 0.1) is 0 Å². The fourth-order valence-electron chi connectivity index (χ4n) is 2.61. The maximum absolute atomic E-state index is 11.9. The van der Waals surface area contributed by atoms with E-state index in [9.17, 15) is 13.5 Å². The van der Waals surface area contributed by atoms with E-state index in [0.29, 0.717) is 5.69 Å². The summed E-state index contributed by atoms with van der Waals surface area (Å²) in [5.41, 5.74) is 1.53. The van der Waals surface area contributed by atoms with Crippen molar-refractivity contribution >= 4 is 32.8 Å². The van der Waals surface area contributed by atoms with E-state index < -0.39 is 15.9 Å². The third-order valence-electron chi connectivity index (χ3n) is 3.79. The molecule has 2 N–H and O–H groups in total. The van der Waals surface area contributed by atoms with Gasteiger partial charge in [-0.1, -0.05) is 0 Å². The quantitative estimate of drug-likeness (QED) is 0.772. The number of benzene rings is 1. The standard InChI is InChI=1S/C15H23ClN2O3S/c1-22(20,21)15-6-5-12(18-7-3-2-4-8-18)9-14(15)17-11-13(19)10-16/h5-6,9,13,17,19H,2-4,7-8,10-11H2,1H3. The number of alkyl halides is 1. The minimum atomic E-state index is -3.33. The summed E-state index contributed by atoms with van der Waals surface area (Å²) in [4.78, 5) is 2.51. The number of hydrogen-bond acceptors (Lipinski definition) is 5. The first-order chi connectivity index (χ1) is 10.4. The molecule has 0 saturated carbocycles. The lowest BCUT2D eigenvalue weighted by molar-refractivity contribution is 0.211. The van der Waals surface area contributed by atoms with Gasteiger partial charge in [-0.2, -0.15) is 0 Å². The van der Waals surface area contributed by atoms with E-state index in [2.05, 4.69) is 10.2 Å². The molecule has 1 aromatic carbocycles. The Morgan fingerprint density at radius 2 is 2.00 bits per heavy atom. The van der Waals surface area contributed by atoms with Crippen molar-refractivity contribution in [2.75, 3.05) is 42.0 Å². The molecule has 1 saturated heterocycles. The Morgan fingerprint density at radius 1 is 1.32 bits per heavy atom. The number of hydrogen-bond donors (Lipinski definition) is 2. The third kappa shape index (κ3) is 4.51. The van der Waals surface area contributed by atoms with E-state index in [4.69, 9.17) is 11.6 Å². The molecule has 0 bridgehead atoms. The number of aliphatic hydroxyl groups excluding tert-OH is 1. The van der Waals surface area contributed by atoms with Crippen LogP contribution in [0.1, 0.15) is 19.3 Å². The first-order valence-electron chi connectivity index (χ1n) is 7.49. The molecule has 0 aliphatic carbocycles. The van der Waals surface area contributed by atoms with Gasteiger partial charge in [0.2, 0.25) is 0 Å². The Hall–Kier alpha value is -0.980. The minimum absolute atomic E-state index is 0.104. The highest BCUT2D eigenvalue weighted by molar-refractivity contribution is 7.90. The molecule has 1 heterocycles. The van der Waals surface area contributed by atoms with Crippen molar-refractivity contribution in [2.24, 2.45) is 0 Å². The number of anilines is 2. The molecule has 124 valence electrons. The van der Waals surface area contributed by atoms with Crippen LogP contribution in [0.15, 0.2) is 23.1 Å². The monoisotopic (exact) mass is 346 g/mol. The summed E-state index contributed by atoms with van der Waals surface area (Å²) in [6.07, 6.45) is 4.02. The summed E-state index contributed by atoms with van der Waals surface area (Å²) in [5, 5.41) is 12.6. The molecule has 1 atom stereocenters. The fraction of sp³-hybridized carbons (Fsp3) is 0.600. The van der Waals surface area contributed by atoms with Crippen LogP contribution < -0.4 is 10.2 Å². The lowest BCUT2D eigenvalue weighted by Crippen LogP contribution is -2.29. The van der Waals surface area contributed by atoms with E-state index in [1.165, 1.54) is 12.7 Å². The van der Waals surface area contributed by atoms with Crippen LogP contribution in [0.3, 0.4) is 0 Å². The maximum Gasteiger partial charge on any atom is 0.177 e. The van der Waals surface area contributed by atoms with Gasteiger partial charge in [-0.05, 0) is 37.5 Å². The van der Waals surface area contributed by atoms with Crippen LogP contribution >= 0.6 is 11.6 Å². The molecular weight excluding hydrogens is 324 g/mol. The molecule has 1 aliphatic rings. The molecule has 7 heteroatoms. The van der Waals surface area contributed by atoms with Crippen LogP contribution in [0.25, 0.3) is 0 Å². The van der Waals surface area contributed by atoms with Crippen LogP contribution in [0.2, 0.25) is 0 Å². The third-order valence-corrected chi connectivity index (χ3v) is 5.30. The largest absolute Gasteiger partial charge is 0.390 e. The zero-order valence-electron chi connectivity index (χ0n) is 12.8. The molecule has 22 heavy (non-hydrogen) atoms. The summed E-state index contributed by atoms with van der Waals surface area (Å²) >= 11 is 5.58. The molecule has 1 fully saturated rings. The van der Waals surface area contributed by atoms with E-state index in [0.717, 1.165) is 31.6 Å². The predicted octanol–water partition coefficient (Wildman–Crippen LogP) is 2.09. The number of nitrogens with zero attached hydrogens (tertiary/aromatic N) is 1. The average molecular weight is 347 g/mol. The zero-order valence-corrected chi connectivity index (χ0v) is 14.3. The van der Waals surface area contributed by atoms with Crippen LogP contribution in [0.5, 0.6) is 0 Å². The highest BCUT2D eigenvalue weighted by atomic mass is 35.5. The topological polar surface area (TPSA) is 69.6 Å². The number of rotatable bonds is 6. The second-order valence-electron chi connectivity index (χ2n) is 5.69. The maximum atomic E-state index is 11.9. The van der Waals surface area contributed by atoms with Gasteiger partial charge in [-0.15, -0.1) is 11.6 Å². The molecule has 2 rings (SSSR count). The van der Waals surface area contributed by atoms with Gasteiger partial charge in [0.1, 0.15) is 0 Å². The second kappa shape index (κ2) is 7.53. The Morgan fingerprint density at radius 3 is 2.59 bits per heavy atom. The smallest absolute Gasteiger partial charge is 0.177 e. The lowest BCUT2D eigenvalue weighted by atomic mass is 10.1. The van der Waals surface area contributed by atoms with E-state index in [1.54, 1.807) is 6.07 Å². The minimum Gasteiger partial charge on any atom is -0.390 e. The Kier molecular flexibility index (Phi) is 5.94. The second-order valence-corrected chi connectivity index (χ2v) is 7.98. The van der Waals surface area contributed by atoms with Crippen LogP contribution in [0.4, 0.5) is 11.4 Å². The summed E-state index contributed by atoms with van der Waals surface area (Å²) in [7, 11) is -3.33. The van der Waals surface area contributed by atoms with Crippen molar-refractivity contribution in [3.8, 4) is 0 Å². The molecule has 0 aromatic heterocycles. The molecule has 1 aliphatic heterocycles. The molecule has 5 nitrogen and oxygen atoms in total. The average Bonchev–Trinajstić information content (AvgIpc) is 2.52. The zero-order chi connectivity index (χ0) is 16.2. The van der Waals surface area contributed by atoms with Crippen molar-refractivity contribution < 1.29 is 13.5 Å². The molecular formula is C15H23ClN2O3S. The molecule has 0 radical (unpaired) electrons. The number of piperidine rings is 1. The van der Waals surface area contributed by atoms with Gasteiger partial charge in [0.05, 0.1) is 22.6 Å². The predicted molar refractivity (Wildman–Crippen MR) is 90.8 cm³/mol. The van der Waals surface area contributed by atoms with Crippen LogP contribution in [-0.4, -0.2) is 51.4 Å². The van der Waals surface area contributed by atoms with Crippen LogP contribution in [-0.2, 0) is 9.84 Å². The fourth-order valence-corrected chi connectivity index (χ4v) is 3.57. The van der Waals surface area contributed by atoms with Gasteiger partial charge in [-0.25, -0.2) is 8.42 Å². The molecule has 0 spiro atoms. The summed E-state index contributed by atoms with van der Waals surface area (Å²) in [6, 6.07) is 5.34. The summed E-state index contributed by atoms with van der Waals surface area (Å²) < 4.78 is 23.8. The normalized spacial score (nSPS) is 17.3. The first kappa shape index (κ1) is 17.4. The van der Waals surface area contributed by atoms with Gasteiger partial charge in [0, 0.05) is 31.6 Å². The molecule has 0 amide bonds. The van der Waals surface area contributed by atoms with Crippen molar-refractivity contribution in [3.05, 3.63) is 18.2 Å². The molecule has 1 aromatic rings. The van der Waals surface area contributed by atoms with Crippen molar-refractivity contribution in [1.82, 2.24) is 0 Å². The van der Waals surface area contributed by atoms with E-state index >= 15 is 0 Å². The highest BCUT2D eigenvalue weighted by Gasteiger charge is 2.17. The van der Waals surface area contributed by atoms with Gasteiger partial charge in [0.15, 0.2) is 9.84 Å².